The van der Waals surface area contributed by atoms with E-state index in [1.165, 1.54) is 0 Å². The fraction of sp³-hybridized carbons (Fsp3) is 0.417. The van der Waals surface area contributed by atoms with Crippen molar-refractivity contribution in [1.82, 2.24) is 0 Å². The number of rotatable bonds is 4. The van der Waals surface area contributed by atoms with E-state index < -0.39 is 18.1 Å². The Morgan fingerprint density at radius 1 is 1.50 bits per heavy atom. The van der Waals surface area contributed by atoms with Crippen molar-refractivity contribution in [2.75, 3.05) is 13.4 Å². The van der Waals surface area contributed by atoms with Crippen LogP contribution in [0.25, 0.3) is 0 Å². The smallest absolute Gasteiger partial charge is 0.325 e. The largest absolute Gasteiger partial charge is 0.465 e. The van der Waals surface area contributed by atoms with Gasteiger partial charge in [-0.25, -0.2) is 0 Å². The van der Waals surface area contributed by atoms with Gasteiger partial charge in [-0.1, -0.05) is 6.07 Å². The normalized spacial score (nSPS) is 16.2. The Morgan fingerprint density at radius 2 is 2.22 bits per heavy atom. The van der Waals surface area contributed by atoms with Crippen molar-refractivity contribution in [3.63, 3.8) is 0 Å². The zero-order valence-corrected chi connectivity index (χ0v) is 9.96. The average Bonchev–Trinajstić information content (AvgIpc) is 2.84. The third-order valence-corrected chi connectivity index (χ3v) is 2.64. The monoisotopic (exact) mass is 253 g/mol. The van der Waals surface area contributed by atoms with Crippen molar-refractivity contribution in [3.8, 4) is 11.5 Å². The Morgan fingerprint density at radius 3 is 2.94 bits per heavy atom. The first-order valence-corrected chi connectivity index (χ1v) is 5.63. The molecule has 1 aliphatic rings. The molecule has 18 heavy (non-hydrogen) atoms. The fourth-order valence-corrected chi connectivity index (χ4v) is 1.67. The van der Waals surface area contributed by atoms with Crippen molar-refractivity contribution in [2.24, 2.45) is 5.73 Å². The van der Waals surface area contributed by atoms with Crippen molar-refractivity contribution in [2.45, 2.75) is 19.1 Å². The van der Waals surface area contributed by atoms with Crippen molar-refractivity contribution < 1.29 is 24.1 Å². The Labute approximate surface area is 104 Å². The number of carbonyl (C=O) groups excluding carboxylic acids is 1. The van der Waals surface area contributed by atoms with Gasteiger partial charge in [0, 0.05) is 0 Å². The number of aliphatic hydroxyl groups is 1. The van der Waals surface area contributed by atoms with Gasteiger partial charge in [0.15, 0.2) is 11.5 Å². The van der Waals surface area contributed by atoms with Crippen LogP contribution >= 0.6 is 0 Å². The minimum atomic E-state index is -1.14. The molecule has 0 bridgehead atoms. The molecule has 1 aromatic carbocycles. The second-order valence-corrected chi connectivity index (χ2v) is 3.84. The van der Waals surface area contributed by atoms with E-state index in [4.69, 9.17) is 19.9 Å². The Kier molecular flexibility index (Phi) is 3.69. The molecule has 0 amide bonds. The van der Waals surface area contributed by atoms with E-state index in [1.54, 1.807) is 25.1 Å². The number of hydrogen-bond acceptors (Lipinski definition) is 6. The van der Waals surface area contributed by atoms with Crippen LogP contribution in [0.5, 0.6) is 11.5 Å². The summed E-state index contributed by atoms with van der Waals surface area (Å²) in [5.74, 6) is 0.501. The molecule has 0 saturated carbocycles. The van der Waals surface area contributed by atoms with E-state index in [9.17, 15) is 9.90 Å². The molecule has 1 aromatic rings. The molecule has 0 aliphatic carbocycles. The number of nitrogens with two attached hydrogens (primary N) is 1. The zero-order chi connectivity index (χ0) is 13.1. The third kappa shape index (κ3) is 2.39. The molecule has 2 rings (SSSR count). The van der Waals surface area contributed by atoms with Crippen molar-refractivity contribution >= 4 is 5.97 Å². The van der Waals surface area contributed by atoms with E-state index in [2.05, 4.69) is 0 Å². The Hall–Kier alpha value is -1.79. The quantitative estimate of drug-likeness (QED) is 0.752. The molecule has 1 aliphatic heterocycles. The molecule has 6 nitrogen and oxygen atoms in total. The minimum Gasteiger partial charge on any atom is -0.465 e. The molecule has 0 spiro atoms. The number of carbonyl (C=O) groups is 1. The van der Waals surface area contributed by atoms with Gasteiger partial charge >= 0.3 is 5.97 Å². The maximum absolute atomic E-state index is 11.4. The maximum atomic E-state index is 11.4. The van der Waals surface area contributed by atoms with Crippen molar-refractivity contribution in [3.05, 3.63) is 23.8 Å². The van der Waals surface area contributed by atoms with Gasteiger partial charge in [-0.3, -0.25) is 4.79 Å². The van der Waals surface area contributed by atoms with Gasteiger partial charge in [-0.2, -0.15) is 0 Å². The highest BCUT2D eigenvalue weighted by Crippen LogP contribution is 2.34. The van der Waals surface area contributed by atoms with Crippen LogP contribution in [0.1, 0.15) is 18.6 Å². The lowest BCUT2D eigenvalue weighted by molar-refractivity contribution is -0.147. The Bertz CT molecular complexity index is 448. The maximum Gasteiger partial charge on any atom is 0.325 e. The highest BCUT2D eigenvalue weighted by Gasteiger charge is 2.26. The summed E-state index contributed by atoms with van der Waals surface area (Å²) in [4.78, 5) is 11.4. The lowest BCUT2D eigenvalue weighted by atomic mass is 10.0. The van der Waals surface area contributed by atoms with Crippen LogP contribution < -0.4 is 15.2 Å². The van der Waals surface area contributed by atoms with E-state index in [1.807, 2.05) is 0 Å². The Balaban J connectivity index is 2.13. The summed E-state index contributed by atoms with van der Waals surface area (Å²) in [6, 6.07) is 3.78. The minimum absolute atomic E-state index is 0.152. The second kappa shape index (κ2) is 5.24. The van der Waals surface area contributed by atoms with E-state index >= 15 is 0 Å². The molecule has 2 unspecified atom stereocenters. The molecular weight excluding hydrogens is 238 g/mol. The molecule has 2 atom stereocenters. The van der Waals surface area contributed by atoms with Crippen LogP contribution in [0.4, 0.5) is 0 Å². The molecule has 3 N–H and O–H groups in total. The van der Waals surface area contributed by atoms with E-state index in [0.29, 0.717) is 17.1 Å². The van der Waals surface area contributed by atoms with E-state index in [-0.39, 0.29) is 13.4 Å². The molecular formula is C12H15NO5. The van der Waals surface area contributed by atoms with Gasteiger partial charge in [-0.15, -0.1) is 0 Å². The lowest BCUT2D eigenvalue weighted by Gasteiger charge is -2.17. The molecule has 0 fully saturated rings. The molecule has 0 aromatic heterocycles. The summed E-state index contributed by atoms with van der Waals surface area (Å²) in [6.45, 7) is 2.05. The van der Waals surface area contributed by atoms with Gasteiger partial charge in [0.05, 0.1) is 6.61 Å². The molecule has 0 radical (unpaired) electrons. The molecule has 0 saturated heterocycles. The predicted octanol–water partition coefficient (Wildman–Crippen LogP) is 0.339. The summed E-state index contributed by atoms with van der Waals surface area (Å²) in [7, 11) is 0. The summed E-state index contributed by atoms with van der Waals surface area (Å²) >= 11 is 0. The molecule has 6 heteroatoms. The van der Waals surface area contributed by atoms with Crippen LogP contribution in [0.15, 0.2) is 18.2 Å². The highest BCUT2D eigenvalue weighted by molar-refractivity contribution is 5.76. The first kappa shape index (κ1) is 12.7. The third-order valence-electron chi connectivity index (χ3n) is 2.64. The summed E-state index contributed by atoms with van der Waals surface area (Å²) in [5.41, 5.74) is 6.11. The topological polar surface area (TPSA) is 91.0 Å². The number of hydrogen-bond donors (Lipinski definition) is 2. The number of aliphatic hydroxyl groups excluding tert-OH is 1. The van der Waals surface area contributed by atoms with Crippen LogP contribution in [0.3, 0.4) is 0 Å². The number of esters is 1. The summed E-state index contributed by atoms with van der Waals surface area (Å²) in [6.07, 6.45) is -1.14. The van der Waals surface area contributed by atoms with Gasteiger partial charge in [0.1, 0.15) is 12.1 Å². The number of fused-ring (bicyclic) bond motifs is 1. The SMILES string of the molecule is CCOC(=O)C(N)C(O)c1ccc2c(c1)OCO2. The fourth-order valence-electron chi connectivity index (χ4n) is 1.67. The van der Waals surface area contributed by atoms with E-state index in [0.717, 1.165) is 0 Å². The predicted molar refractivity (Wildman–Crippen MR) is 62.1 cm³/mol. The van der Waals surface area contributed by atoms with Crippen LogP contribution in [-0.4, -0.2) is 30.5 Å². The summed E-state index contributed by atoms with van der Waals surface area (Å²) in [5, 5.41) is 10.00. The van der Waals surface area contributed by atoms with Gasteiger partial charge in [0.2, 0.25) is 6.79 Å². The van der Waals surface area contributed by atoms with Gasteiger partial charge < -0.3 is 25.1 Å². The standard InChI is InChI=1S/C12H15NO5/c1-2-16-12(15)10(13)11(14)7-3-4-8-9(5-7)18-6-17-8/h3-5,10-11,14H,2,6,13H2,1H3. The second-order valence-electron chi connectivity index (χ2n) is 3.84. The van der Waals surface area contributed by atoms with Crippen LogP contribution in [0, 0.1) is 0 Å². The highest BCUT2D eigenvalue weighted by atomic mass is 16.7. The van der Waals surface area contributed by atoms with Crippen LogP contribution in [0.2, 0.25) is 0 Å². The van der Waals surface area contributed by atoms with Crippen molar-refractivity contribution in [1.29, 1.82) is 0 Å². The zero-order valence-electron chi connectivity index (χ0n) is 9.96. The van der Waals surface area contributed by atoms with Gasteiger partial charge in [0.25, 0.3) is 0 Å². The number of benzene rings is 1. The van der Waals surface area contributed by atoms with Crippen LogP contribution in [-0.2, 0) is 9.53 Å². The first-order valence-electron chi connectivity index (χ1n) is 5.63. The molecule has 98 valence electrons. The number of ether oxygens (including phenoxy) is 3. The molecule has 1 heterocycles. The lowest BCUT2D eigenvalue weighted by Crippen LogP contribution is -2.38. The van der Waals surface area contributed by atoms with Gasteiger partial charge in [-0.05, 0) is 24.6 Å². The average molecular weight is 253 g/mol. The first-order chi connectivity index (χ1) is 8.63. The summed E-state index contributed by atoms with van der Waals surface area (Å²) < 4.78 is 15.1.